The molecule has 0 aliphatic carbocycles. The Balaban J connectivity index is 2.27. The van der Waals surface area contributed by atoms with Crippen molar-refractivity contribution in [3.8, 4) is 0 Å². The minimum Gasteiger partial charge on any atom is -0.322 e. The van der Waals surface area contributed by atoms with Gasteiger partial charge in [0.05, 0.1) is 5.56 Å². The summed E-state index contributed by atoms with van der Waals surface area (Å²) in [7, 11) is -3.76. The third-order valence-corrected chi connectivity index (χ3v) is 6.30. The van der Waals surface area contributed by atoms with Gasteiger partial charge >= 0.3 is 0 Å². The van der Waals surface area contributed by atoms with Crippen molar-refractivity contribution in [3.05, 3.63) is 46.3 Å². The summed E-state index contributed by atoms with van der Waals surface area (Å²) in [5.74, 6) is -2.71. The molecule has 0 fully saturated rings. The number of rotatable bonds is 4. The Labute approximate surface area is 149 Å². The molecule has 9 heteroatoms. The standard InChI is InChI=1S/C16H18F2N2O3S2/c1-9-11(8-14(24-9)25(22,23)20-16(2,3)4)15(21)19-10-5-6-12(17)13(18)7-10/h5-8,20H,1-4H3,(H,19,21). The van der Waals surface area contributed by atoms with Gasteiger partial charge in [0.25, 0.3) is 15.9 Å². The van der Waals surface area contributed by atoms with Crippen LogP contribution in [-0.2, 0) is 10.0 Å². The second-order valence-corrected chi connectivity index (χ2v) is 9.64. The van der Waals surface area contributed by atoms with Gasteiger partial charge in [0.2, 0.25) is 0 Å². The second kappa shape index (κ2) is 6.81. The molecule has 0 aliphatic rings. The van der Waals surface area contributed by atoms with Gasteiger partial charge in [0.15, 0.2) is 11.6 Å². The van der Waals surface area contributed by atoms with E-state index in [4.69, 9.17) is 0 Å². The summed E-state index contributed by atoms with van der Waals surface area (Å²) in [6, 6.07) is 4.24. The number of hydrogen-bond donors (Lipinski definition) is 2. The van der Waals surface area contributed by atoms with Crippen LogP contribution in [0.25, 0.3) is 0 Å². The fraction of sp³-hybridized carbons (Fsp3) is 0.312. The van der Waals surface area contributed by atoms with Crippen molar-refractivity contribution in [1.82, 2.24) is 4.72 Å². The van der Waals surface area contributed by atoms with Crippen LogP contribution in [0.15, 0.2) is 28.5 Å². The van der Waals surface area contributed by atoms with Crippen LogP contribution in [0.1, 0.15) is 36.0 Å². The van der Waals surface area contributed by atoms with E-state index in [0.717, 1.165) is 23.5 Å². The van der Waals surface area contributed by atoms with Crippen molar-refractivity contribution in [2.24, 2.45) is 0 Å². The summed E-state index contributed by atoms with van der Waals surface area (Å²) in [6.45, 7) is 6.74. The highest BCUT2D eigenvalue weighted by molar-refractivity contribution is 7.91. The van der Waals surface area contributed by atoms with E-state index in [1.54, 1.807) is 27.7 Å². The zero-order chi connectivity index (χ0) is 19.0. The Morgan fingerprint density at radius 1 is 1.12 bits per heavy atom. The highest BCUT2D eigenvalue weighted by Crippen LogP contribution is 2.27. The Morgan fingerprint density at radius 3 is 2.32 bits per heavy atom. The maximum absolute atomic E-state index is 13.2. The summed E-state index contributed by atoms with van der Waals surface area (Å²) in [4.78, 5) is 12.8. The number of benzene rings is 1. The highest BCUT2D eigenvalue weighted by atomic mass is 32.2. The lowest BCUT2D eigenvalue weighted by Gasteiger charge is -2.19. The number of aryl methyl sites for hydroxylation is 1. The van der Waals surface area contributed by atoms with Gasteiger partial charge in [-0.2, -0.15) is 0 Å². The molecular weight excluding hydrogens is 370 g/mol. The number of halogens is 2. The van der Waals surface area contributed by atoms with Gasteiger partial charge in [-0.3, -0.25) is 4.79 Å². The normalized spacial score (nSPS) is 12.2. The summed E-state index contributed by atoms with van der Waals surface area (Å²) in [6.07, 6.45) is 0. The predicted octanol–water partition coefficient (Wildman–Crippen LogP) is 3.66. The minimum absolute atomic E-state index is 0.00959. The van der Waals surface area contributed by atoms with E-state index >= 15 is 0 Å². The molecule has 0 unspecified atom stereocenters. The van der Waals surface area contributed by atoms with Crippen molar-refractivity contribution in [2.75, 3.05) is 5.32 Å². The van der Waals surface area contributed by atoms with Crippen molar-refractivity contribution in [1.29, 1.82) is 0 Å². The SMILES string of the molecule is Cc1sc(S(=O)(=O)NC(C)(C)C)cc1C(=O)Nc1ccc(F)c(F)c1. The number of amides is 1. The number of carbonyl (C=O) groups excluding carboxylic acids is 1. The topological polar surface area (TPSA) is 75.3 Å². The number of carbonyl (C=O) groups is 1. The molecule has 25 heavy (non-hydrogen) atoms. The molecule has 0 saturated heterocycles. The van der Waals surface area contributed by atoms with Crippen LogP contribution in [0.2, 0.25) is 0 Å². The average molecular weight is 388 g/mol. The highest BCUT2D eigenvalue weighted by Gasteiger charge is 2.26. The summed E-state index contributed by atoms with van der Waals surface area (Å²) >= 11 is 0.961. The number of anilines is 1. The van der Waals surface area contributed by atoms with Crippen LogP contribution >= 0.6 is 11.3 Å². The van der Waals surface area contributed by atoms with Crippen LogP contribution in [0.5, 0.6) is 0 Å². The third-order valence-electron chi connectivity index (χ3n) is 3.02. The Morgan fingerprint density at radius 2 is 1.76 bits per heavy atom. The molecule has 1 aromatic heterocycles. The van der Waals surface area contributed by atoms with Gasteiger partial charge in [-0.05, 0) is 45.9 Å². The lowest BCUT2D eigenvalue weighted by Crippen LogP contribution is -2.40. The zero-order valence-electron chi connectivity index (χ0n) is 14.1. The van der Waals surface area contributed by atoms with Crippen molar-refractivity contribution >= 4 is 33.0 Å². The van der Waals surface area contributed by atoms with E-state index in [-0.39, 0.29) is 15.5 Å². The third kappa shape index (κ3) is 4.83. The lowest BCUT2D eigenvalue weighted by molar-refractivity contribution is 0.102. The van der Waals surface area contributed by atoms with Crippen LogP contribution in [0, 0.1) is 18.6 Å². The molecule has 0 spiro atoms. The number of hydrogen-bond acceptors (Lipinski definition) is 4. The molecule has 0 saturated carbocycles. The minimum atomic E-state index is -3.76. The monoisotopic (exact) mass is 388 g/mol. The molecule has 5 nitrogen and oxygen atoms in total. The van der Waals surface area contributed by atoms with E-state index in [0.29, 0.717) is 4.88 Å². The summed E-state index contributed by atoms with van der Waals surface area (Å²) in [5, 5.41) is 2.43. The smallest absolute Gasteiger partial charge is 0.256 e. The first-order valence-electron chi connectivity index (χ1n) is 7.30. The Bertz CT molecular complexity index is 916. The van der Waals surface area contributed by atoms with Crippen molar-refractivity contribution < 1.29 is 22.0 Å². The van der Waals surface area contributed by atoms with Crippen molar-refractivity contribution in [3.63, 3.8) is 0 Å². The second-order valence-electron chi connectivity index (χ2n) is 6.47. The molecule has 2 rings (SSSR count). The lowest BCUT2D eigenvalue weighted by atomic mass is 10.1. The van der Waals surface area contributed by atoms with E-state index in [2.05, 4.69) is 10.0 Å². The van der Waals surface area contributed by atoms with E-state index in [9.17, 15) is 22.0 Å². The number of nitrogens with one attached hydrogen (secondary N) is 2. The van der Waals surface area contributed by atoms with Gasteiger partial charge < -0.3 is 5.32 Å². The first-order valence-corrected chi connectivity index (χ1v) is 9.60. The van der Waals surface area contributed by atoms with E-state index < -0.39 is 33.1 Å². The zero-order valence-corrected chi connectivity index (χ0v) is 15.7. The maximum atomic E-state index is 13.2. The summed E-state index contributed by atoms with van der Waals surface area (Å²) < 4.78 is 53.4. The molecule has 1 aromatic carbocycles. The van der Waals surface area contributed by atoms with Gasteiger partial charge in [0, 0.05) is 22.2 Å². The van der Waals surface area contributed by atoms with Crippen LogP contribution in [-0.4, -0.2) is 19.9 Å². The number of thiophene rings is 1. The molecule has 2 aromatic rings. The van der Waals surface area contributed by atoms with Crippen LogP contribution in [0.4, 0.5) is 14.5 Å². The van der Waals surface area contributed by atoms with E-state index in [1.807, 2.05) is 0 Å². The fourth-order valence-corrected chi connectivity index (χ4v) is 4.90. The Kier molecular flexibility index (Phi) is 5.31. The molecule has 0 radical (unpaired) electrons. The van der Waals surface area contributed by atoms with Gasteiger partial charge in [0.1, 0.15) is 4.21 Å². The summed E-state index contributed by atoms with van der Waals surface area (Å²) in [5.41, 5.74) is -0.430. The average Bonchev–Trinajstić information content (AvgIpc) is 2.83. The quantitative estimate of drug-likeness (QED) is 0.839. The Hall–Kier alpha value is -1.84. The molecule has 0 aliphatic heterocycles. The van der Waals surface area contributed by atoms with Gasteiger partial charge in [-0.25, -0.2) is 21.9 Å². The first-order chi connectivity index (χ1) is 11.4. The molecule has 2 N–H and O–H groups in total. The van der Waals surface area contributed by atoms with Crippen LogP contribution < -0.4 is 10.0 Å². The predicted molar refractivity (Wildman–Crippen MR) is 93.4 cm³/mol. The fourth-order valence-electron chi connectivity index (χ4n) is 2.04. The molecule has 0 atom stereocenters. The largest absolute Gasteiger partial charge is 0.322 e. The number of sulfonamides is 1. The van der Waals surface area contributed by atoms with Gasteiger partial charge in [-0.15, -0.1) is 11.3 Å². The molecule has 1 heterocycles. The molecule has 1 amide bonds. The van der Waals surface area contributed by atoms with Crippen LogP contribution in [0.3, 0.4) is 0 Å². The maximum Gasteiger partial charge on any atom is 0.256 e. The molecule has 0 bridgehead atoms. The first kappa shape index (κ1) is 19.5. The van der Waals surface area contributed by atoms with Gasteiger partial charge in [-0.1, -0.05) is 0 Å². The van der Waals surface area contributed by atoms with Crippen molar-refractivity contribution in [2.45, 2.75) is 37.4 Å². The molecule has 136 valence electrons. The molecular formula is C16H18F2N2O3S2. The van der Waals surface area contributed by atoms with E-state index in [1.165, 1.54) is 12.1 Å².